The molecular formula is C16H20N4O2. The highest BCUT2D eigenvalue weighted by Gasteiger charge is 2.36. The minimum absolute atomic E-state index is 0.149. The van der Waals surface area contributed by atoms with E-state index in [1.165, 1.54) is 0 Å². The van der Waals surface area contributed by atoms with Gasteiger partial charge in [-0.2, -0.15) is 5.10 Å². The number of aromatic nitrogens is 2. The molecule has 0 N–H and O–H groups in total. The highest BCUT2D eigenvalue weighted by Crippen LogP contribution is 2.29. The summed E-state index contributed by atoms with van der Waals surface area (Å²) < 4.78 is 1.90. The standard InChI is InChI=1S/C16H20N4O2/c21-15-6-3-7-19(15)13-8-17-20(11-13)14-9-18(10-14)16(22)12-4-1-2-5-12/h1-2,8,11-12,14H,3-7,9-10H2. The Hall–Kier alpha value is -2.11. The van der Waals surface area contributed by atoms with Gasteiger partial charge >= 0.3 is 0 Å². The van der Waals surface area contributed by atoms with E-state index < -0.39 is 0 Å². The number of carbonyl (C=O) groups excluding carboxylic acids is 2. The van der Waals surface area contributed by atoms with Crippen LogP contribution in [-0.4, -0.2) is 46.1 Å². The molecular weight excluding hydrogens is 280 g/mol. The summed E-state index contributed by atoms with van der Waals surface area (Å²) in [4.78, 5) is 27.7. The van der Waals surface area contributed by atoms with Gasteiger partial charge in [0.2, 0.25) is 11.8 Å². The third-order valence-corrected chi connectivity index (χ3v) is 4.88. The highest BCUT2D eigenvalue weighted by molar-refractivity contribution is 5.95. The number of likely N-dealkylation sites (tertiary alicyclic amines) is 1. The predicted molar refractivity (Wildman–Crippen MR) is 81.3 cm³/mol. The molecule has 4 rings (SSSR count). The lowest BCUT2D eigenvalue weighted by Crippen LogP contribution is -2.52. The maximum absolute atomic E-state index is 12.3. The highest BCUT2D eigenvalue weighted by atomic mass is 16.2. The summed E-state index contributed by atoms with van der Waals surface area (Å²) in [7, 11) is 0. The topological polar surface area (TPSA) is 58.4 Å². The zero-order valence-electron chi connectivity index (χ0n) is 12.5. The summed E-state index contributed by atoms with van der Waals surface area (Å²) in [5.41, 5.74) is 0.882. The van der Waals surface area contributed by atoms with Gasteiger partial charge in [0.25, 0.3) is 0 Å². The van der Waals surface area contributed by atoms with Crippen LogP contribution in [0.5, 0.6) is 0 Å². The second-order valence-corrected chi connectivity index (χ2v) is 6.36. The van der Waals surface area contributed by atoms with E-state index in [0.29, 0.717) is 6.42 Å². The summed E-state index contributed by atoms with van der Waals surface area (Å²) >= 11 is 0. The second kappa shape index (κ2) is 5.26. The third kappa shape index (κ3) is 2.23. The Morgan fingerprint density at radius 2 is 2.00 bits per heavy atom. The van der Waals surface area contributed by atoms with Crippen molar-refractivity contribution in [2.24, 2.45) is 5.92 Å². The minimum atomic E-state index is 0.149. The smallest absolute Gasteiger partial charge is 0.227 e. The molecule has 0 unspecified atom stereocenters. The zero-order chi connectivity index (χ0) is 15.1. The fraction of sp³-hybridized carbons (Fsp3) is 0.562. The van der Waals surface area contributed by atoms with Gasteiger partial charge in [-0.3, -0.25) is 14.3 Å². The van der Waals surface area contributed by atoms with Crippen LogP contribution in [0.2, 0.25) is 0 Å². The van der Waals surface area contributed by atoms with Gasteiger partial charge in [-0.05, 0) is 19.3 Å². The van der Waals surface area contributed by atoms with Crippen LogP contribution in [0.4, 0.5) is 5.69 Å². The molecule has 1 aromatic heterocycles. The molecule has 3 heterocycles. The normalized spacial score (nSPS) is 22.6. The molecule has 0 spiro atoms. The SMILES string of the molecule is O=C(C1CC=CC1)N1CC(n2cc(N3CCCC3=O)cn2)C1. The summed E-state index contributed by atoms with van der Waals surface area (Å²) in [6.45, 7) is 2.24. The first kappa shape index (κ1) is 13.5. The number of amides is 2. The monoisotopic (exact) mass is 300 g/mol. The number of carbonyl (C=O) groups is 2. The molecule has 1 aromatic rings. The lowest BCUT2D eigenvalue weighted by molar-refractivity contribution is -0.141. The van der Waals surface area contributed by atoms with Crippen LogP contribution in [0.25, 0.3) is 0 Å². The van der Waals surface area contributed by atoms with E-state index in [9.17, 15) is 9.59 Å². The van der Waals surface area contributed by atoms with Crippen LogP contribution in [-0.2, 0) is 9.59 Å². The zero-order valence-corrected chi connectivity index (χ0v) is 12.5. The van der Waals surface area contributed by atoms with Crippen molar-refractivity contribution in [3.8, 4) is 0 Å². The summed E-state index contributed by atoms with van der Waals surface area (Å²) in [6.07, 6.45) is 11.2. The Bertz CT molecular complexity index is 622. The van der Waals surface area contributed by atoms with Crippen molar-refractivity contribution < 1.29 is 9.59 Å². The van der Waals surface area contributed by atoms with Crippen LogP contribution in [0.1, 0.15) is 31.7 Å². The lowest BCUT2D eigenvalue weighted by Gasteiger charge is -2.40. The Balaban J connectivity index is 1.36. The van der Waals surface area contributed by atoms with E-state index in [2.05, 4.69) is 17.3 Å². The number of allylic oxidation sites excluding steroid dienone is 2. The number of nitrogens with zero attached hydrogens (tertiary/aromatic N) is 4. The van der Waals surface area contributed by atoms with Crippen LogP contribution >= 0.6 is 0 Å². The fourth-order valence-corrected chi connectivity index (χ4v) is 3.47. The molecule has 0 aromatic carbocycles. The first-order valence-corrected chi connectivity index (χ1v) is 8.00. The van der Waals surface area contributed by atoms with Crippen LogP contribution in [0, 0.1) is 5.92 Å². The lowest BCUT2D eigenvalue weighted by atomic mass is 10.0. The maximum Gasteiger partial charge on any atom is 0.227 e. The summed E-state index contributed by atoms with van der Waals surface area (Å²) in [5, 5.41) is 4.38. The molecule has 2 saturated heterocycles. The van der Waals surface area contributed by atoms with Crippen LogP contribution < -0.4 is 4.90 Å². The Morgan fingerprint density at radius 3 is 2.68 bits per heavy atom. The quantitative estimate of drug-likeness (QED) is 0.792. The van der Waals surface area contributed by atoms with E-state index in [4.69, 9.17) is 0 Å². The Labute approximate surface area is 129 Å². The Kier molecular flexibility index (Phi) is 3.24. The minimum Gasteiger partial charge on any atom is -0.338 e. The molecule has 22 heavy (non-hydrogen) atoms. The van der Waals surface area contributed by atoms with E-state index in [1.807, 2.05) is 15.8 Å². The van der Waals surface area contributed by atoms with E-state index >= 15 is 0 Å². The molecule has 3 aliphatic rings. The Morgan fingerprint density at radius 1 is 1.23 bits per heavy atom. The van der Waals surface area contributed by atoms with Gasteiger partial charge < -0.3 is 9.80 Å². The number of anilines is 1. The first-order valence-electron chi connectivity index (χ1n) is 8.00. The van der Waals surface area contributed by atoms with Gasteiger partial charge in [0.1, 0.15) is 0 Å². The molecule has 0 bridgehead atoms. The second-order valence-electron chi connectivity index (χ2n) is 6.36. The number of rotatable bonds is 3. The predicted octanol–water partition coefficient (Wildman–Crippen LogP) is 1.36. The molecule has 0 atom stereocenters. The molecule has 6 nitrogen and oxygen atoms in total. The summed E-state index contributed by atoms with van der Waals surface area (Å²) in [6, 6.07) is 0.241. The number of hydrogen-bond donors (Lipinski definition) is 0. The molecule has 6 heteroatoms. The van der Waals surface area contributed by atoms with E-state index in [0.717, 1.165) is 44.6 Å². The molecule has 1 aliphatic carbocycles. The maximum atomic E-state index is 12.3. The molecule has 116 valence electrons. The average molecular weight is 300 g/mol. The van der Waals surface area contributed by atoms with Crippen molar-refractivity contribution in [3.63, 3.8) is 0 Å². The van der Waals surface area contributed by atoms with Crippen molar-refractivity contribution in [1.29, 1.82) is 0 Å². The van der Waals surface area contributed by atoms with Crippen molar-refractivity contribution in [1.82, 2.24) is 14.7 Å². The van der Waals surface area contributed by atoms with Crippen molar-refractivity contribution in [2.75, 3.05) is 24.5 Å². The van der Waals surface area contributed by atoms with Crippen molar-refractivity contribution in [3.05, 3.63) is 24.5 Å². The van der Waals surface area contributed by atoms with Gasteiger partial charge in [0.05, 0.1) is 17.9 Å². The molecule has 2 aliphatic heterocycles. The molecule has 0 saturated carbocycles. The molecule has 0 radical (unpaired) electrons. The van der Waals surface area contributed by atoms with Crippen molar-refractivity contribution in [2.45, 2.75) is 31.7 Å². The molecule has 2 fully saturated rings. The van der Waals surface area contributed by atoms with Crippen LogP contribution in [0.3, 0.4) is 0 Å². The largest absolute Gasteiger partial charge is 0.338 e. The summed E-state index contributed by atoms with van der Waals surface area (Å²) in [5.74, 6) is 0.596. The fourth-order valence-electron chi connectivity index (χ4n) is 3.47. The van der Waals surface area contributed by atoms with Gasteiger partial charge in [-0.1, -0.05) is 12.2 Å². The van der Waals surface area contributed by atoms with Gasteiger partial charge in [-0.15, -0.1) is 0 Å². The van der Waals surface area contributed by atoms with Gasteiger partial charge in [0, 0.05) is 38.2 Å². The van der Waals surface area contributed by atoms with Crippen molar-refractivity contribution >= 4 is 17.5 Å². The van der Waals surface area contributed by atoms with Gasteiger partial charge in [0.15, 0.2) is 0 Å². The van der Waals surface area contributed by atoms with Gasteiger partial charge in [-0.25, -0.2) is 0 Å². The average Bonchev–Trinajstić information content (AvgIpc) is 3.16. The first-order chi connectivity index (χ1) is 10.7. The van der Waals surface area contributed by atoms with E-state index in [-0.39, 0.29) is 23.8 Å². The van der Waals surface area contributed by atoms with E-state index in [1.54, 1.807) is 11.1 Å². The third-order valence-electron chi connectivity index (χ3n) is 4.88. The number of hydrogen-bond acceptors (Lipinski definition) is 3. The van der Waals surface area contributed by atoms with Crippen LogP contribution in [0.15, 0.2) is 24.5 Å². The molecule has 2 amide bonds.